The summed E-state index contributed by atoms with van der Waals surface area (Å²) in [5.41, 5.74) is 1.12. The number of esters is 1. The van der Waals surface area contributed by atoms with E-state index >= 15 is 0 Å². The third-order valence-corrected chi connectivity index (χ3v) is 11.2. The van der Waals surface area contributed by atoms with Crippen molar-refractivity contribution in [2.75, 3.05) is 56.3 Å². The maximum atomic E-state index is 15.0. The minimum Gasteiger partial charge on any atom is -0.455 e. The number of hydrogen-bond acceptors (Lipinski definition) is 9. The summed E-state index contributed by atoms with van der Waals surface area (Å²) >= 11 is 0. The normalized spacial score (nSPS) is 23.5. The summed E-state index contributed by atoms with van der Waals surface area (Å²) < 4.78 is 18.6. The number of anilines is 2. The number of unbranched alkanes of at least 4 members (excludes halogenated alkanes) is 2. The maximum Gasteiger partial charge on any atom is 0.313 e. The number of nitrogens with zero attached hydrogens (tertiary/aromatic N) is 3. The van der Waals surface area contributed by atoms with Crippen LogP contribution in [0.25, 0.3) is 0 Å². The first-order valence-corrected chi connectivity index (χ1v) is 19.7. The molecule has 0 saturated carbocycles. The number of ether oxygens (including phenoxy) is 3. The lowest BCUT2D eigenvalue weighted by molar-refractivity contribution is -0.163. The van der Waals surface area contributed by atoms with Gasteiger partial charge in [0, 0.05) is 57.7 Å². The number of allylic oxidation sites excluding steroid dienone is 1. The predicted octanol–water partition coefficient (Wildman–Crippen LogP) is 4.97. The van der Waals surface area contributed by atoms with Crippen molar-refractivity contribution < 1.29 is 38.5 Å². The van der Waals surface area contributed by atoms with Gasteiger partial charge < -0.3 is 39.3 Å². The van der Waals surface area contributed by atoms with Crippen molar-refractivity contribution >= 4 is 35.1 Å². The molecule has 1 spiro atoms. The number of rotatable bonds is 22. The Hall–Kier alpha value is -4.52. The van der Waals surface area contributed by atoms with Gasteiger partial charge >= 0.3 is 5.97 Å². The fourth-order valence-electron chi connectivity index (χ4n) is 8.67. The SMILES string of the molecule is C=CCCC(=O)N[C@@H](COC)[C@@H](OC(=O)[C@@H]1[C@@H]2CC[C@]3(O2)[C@H](C(=O)N(CC=C)c2ccc(N(CC)CC)cc2)N(CCCCCO)C(=O)[C@@H]13)c1ccccc1. The smallest absolute Gasteiger partial charge is 0.313 e. The van der Waals surface area contributed by atoms with Gasteiger partial charge in [-0.05, 0) is 82.2 Å². The van der Waals surface area contributed by atoms with Crippen LogP contribution in [-0.2, 0) is 33.4 Å². The zero-order valence-electron chi connectivity index (χ0n) is 32.6. The molecule has 3 fully saturated rings. The number of benzene rings is 2. The van der Waals surface area contributed by atoms with E-state index in [0.717, 1.165) is 18.8 Å². The Morgan fingerprint density at radius 1 is 1.04 bits per heavy atom. The average molecular weight is 759 g/mol. The van der Waals surface area contributed by atoms with Gasteiger partial charge in [-0.15, -0.1) is 13.2 Å². The Balaban J connectivity index is 1.48. The molecule has 3 heterocycles. The number of fused-ring (bicyclic) bond motifs is 1. The number of nitrogens with one attached hydrogen (secondary N) is 1. The van der Waals surface area contributed by atoms with Gasteiger partial charge in [0.05, 0.1) is 30.6 Å². The van der Waals surface area contributed by atoms with Crippen molar-refractivity contribution in [3.63, 3.8) is 0 Å². The molecule has 5 rings (SSSR count). The second-order valence-electron chi connectivity index (χ2n) is 14.5. The van der Waals surface area contributed by atoms with E-state index in [-0.39, 0.29) is 50.4 Å². The van der Waals surface area contributed by atoms with E-state index < -0.39 is 47.7 Å². The van der Waals surface area contributed by atoms with E-state index in [1.165, 1.54) is 7.11 Å². The highest BCUT2D eigenvalue weighted by atomic mass is 16.6. The van der Waals surface area contributed by atoms with Crippen LogP contribution in [0.4, 0.5) is 11.4 Å². The summed E-state index contributed by atoms with van der Waals surface area (Å²) in [5, 5.41) is 12.4. The van der Waals surface area contributed by atoms with Crippen molar-refractivity contribution in [3.05, 3.63) is 85.5 Å². The second-order valence-corrected chi connectivity index (χ2v) is 14.5. The molecule has 2 aromatic carbocycles. The summed E-state index contributed by atoms with van der Waals surface area (Å²) in [7, 11) is 1.51. The number of amides is 3. The van der Waals surface area contributed by atoms with Gasteiger partial charge in [-0.2, -0.15) is 0 Å². The fourth-order valence-corrected chi connectivity index (χ4v) is 8.67. The van der Waals surface area contributed by atoms with E-state index in [1.54, 1.807) is 22.0 Å². The molecule has 12 nitrogen and oxygen atoms in total. The quantitative estimate of drug-likeness (QED) is 0.0969. The summed E-state index contributed by atoms with van der Waals surface area (Å²) in [4.78, 5) is 62.7. The molecule has 3 aliphatic rings. The lowest BCUT2D eigenvalue weighted by Crippen LogP contribution is -2.56. The summed E-state index contributed by atoms with van der Waals surface area (Å²) in [5.74, 6) is -3.38. The van der Waals surface area contributed by atoms with Gasteiger partial charge in [0.2, 0.25) is 11.8 Å². The molecule has 2 aromatic rings. The van der Waals surface area contributed by atoms with Crippen LogP contribution >= 0.6 is 0 Å². The topological polar surface area (TPSA) is 138 Å². The largest absolute Gasteiger partial charge is 0.455 e. The van der Waals surface area contributed by atoms with E-state index in [4.69, 9.17) is 14.2 Å². The molecule has 3 aliphatic heterocycles. The van der Waals surface area contributed by atoms with E-state index in [0.29, 0.717) is 49.8 Å². The zero-order chi connectivity index (χ0) is 39.5. The van der Waals surface area contributed by atoms with Gasteiger partial charge in [-0.3, -0.25) is 19.2 Å². The van der Waals surface area contributed by atoms with Crippen LogP contribution in [-0.4, -0.2) is 104 Å². The first kappa shape index (κ1) is 41.6. The van der Waals surface area contributed by atoms with Gasteiger partial charge in [-0.25, -0.2) is 0 Å². The van der Waals surface area contributed by atoms with Gasteiger partial charge in [0.15, 0.2) is 0 Å². The van der Waals surface area contributed by atoms with Crippen molar-refractivity contribution in [3.8, 4) is 0 Å². The molecule has 2 N–H and O–H groups in total. The summed E-state index contributed by atoms with van der Waals surface area (Å²) in [6.07, 6.45) is 5.16. The highest BCUT2D eigenvalue weighted by Crippen LogP contribution is 2.59. The van der Waals surface area contributed by atoms with Crippen LogP contribution < -0.4 is 15.1 Å². The highest BCUT2D eigenvalue weighted by Gasteiger charge is 2.75. The fraction of sp³-hybridized carbons (Fsp3) is 0.535. The molecule has 3 amide bonds. The molecule has 0 unspecified atom stereocenters. The van der Waals surface area contributed by atoms with E-state index in [1.807, 2.05) is 54.6 Å². The van der Waals surface area contributed by atoms with Crippen molar-refractivity contribution in [2.24, 2.45) is 11.8 Å². The number of carbonyl (C=O) groups excluding carboxylic acids is 4. The summed E-state index contributed by atoms with van der Waals surface area (Å²) in [6.45, 7) is 14.1. The van der Waals surface area contributed by atoms with Crippen LogP contribution in [0, 0.1) is 11.8 Å². The number of aliphatic hydroxyl groups excluding tert-OH is 1. The summed E-state index contributed by atoms with van der Waals surface area (Å²) in [6, 6.07) is 15.2. The molecule has 0 aliphatic carbocycles. The van der Waals surface area contributed by atoms with Crippen LogP contribution in [0.15, 0.2) is 79.9 Å². The van der Waals surface area contributed by atoms with Crippen LogP contribution in [0.3, 0.4) is 0 Å². The molecule has 3 saturated heterocycles. The van der Waals surface area contributed by atoms with Crippen molar-refractivity contribution in [1.29, 1.82) is 0 Å². The monoisotopic (exact) mass is 758 g/mol. The Labute approximate surface area is 325 Å². The number of hydrogen-bond donors (Lipinski definition) is 2. The average Bonchev–Trinajstić information content (AvgIpc) is 3.84. The molecule has 7 atom stereocenters. The minimum atomic E-state index is -1.24. The first-order valence-electron chi connectivity index (χ1n) is 19.7. The minimum absolute atomic E-state index is 0.0273. The predicted molar refractivity (Wildman–Crippen MR) is 211 cm³/mol. The number of aliphatic hydroxyl groups is 1. The third kappa shape index (κ3) is 8.82. The zero-order valence-corrected chi connectivity index (χ0v) is 32.6. The molecular weight excluding hydrogens is 700 g/mol. The third-order valence-electron chi connectivity index (χ3n) is 11.2. The number of methoxy groups -OCH3 is 1. The molecule has 298 valence electrons. The van der Waals surface area contributed by atoms with Crippen LogP contribution in [0.1, 0.15) is 70.5 Å². The van der Waals surface area contributed by atoms with E-state index in [9.17, 15) is 24.3 Å². The molecule has 55 heavy (non-hydrogen) atoms. The lowest BCUT2D eigenvalue weighted by Gasteiger charge is -2.37. The van der Waals surface area contributed by atoms with Gasteiger partial charge in [0.25, 0.3) is 5.91 Å². The standard InChI is InChI=1S/C43H58N4O8/c1-6-10-19-35(49)44-33(29-53-5)38(30-17-13-11-14-18-30)54-42(52)36-34-24-25-43(55-34)37(36)40(50)47(27-15-12-16-28-48)39(43)41(51)46(26-7-2)32-22-20-31(21-23-32)45(8-3)9-4/h6-7,11,13-14,17-18,20-23,33-34,36-39,48H,1-2,8-10,12,15-16,19,24-29H2,3-5H3,(H,44,49)/t33-,34-,36+,37+,38-,39-,43+/m0/s1. The maximum absolute atomic E-state index is 15.0. The molecule has 2 bridgehead atoms. The molecule has 12 heteroatoms. The first-order chi connectivity index (χ1) is 26.7. The van der Waals surface area contributed by atoms with Crippen molar-refractivity contribution in [1.82, 2.24) is 10.2 Å². The Kier molecular flexibility index (Phi) is 14.7. The highest BCUT2D eigenvalue weighted by molar-refractivity contribution is 6.04. The molecule has 0 radical (unpaired) electrons. The lowest BCUT2D eigenvalue weighted by atomic mass is 9.70. The van der Waals surface area contributed by atoms with Gasteiger partial charge in [0.1, 0.15) is 17.7 Å². The number of likely N-dealkylation sites (tertiary alicyclic amines) is 1. The number of carbonyl (C=O) groups is 4. The Morgan fingerprint density at radius 2 is 1.75 bits per heavy atom. The Morgan fingerprint density at radius 3 is 2.38 bits per heavy atom. The van der Waals surface area contributed by atoms with Crippen LogP contribution in [0.5, 0.6) is 0 Å². The molecular formula is C43H58N4O8. The van der Waals surface area contributed by atoms with E-state index in [2.05, 4.69) is 37.2 Å². The Bertz CT molecular complexity index is 1630. The van der Waals surface area contributed by atoms with Crippen molar-refractivity contribution in [2.45, 2.75) is 88.7 Å². The van der Waals surface area contributed by atoms with Crippen LogP contribution in [0.2, 0.25) is 0 Å². The second kappa shape index (κ2) is 19.4. The molecule has 0 aromatic heterocycles. The van der Waals surface area contributed by atoms with Gasteiger partial charge in [-0.1, -0.05) is 42.5 Å².